The Balaban J connectivity index is 1.65. The lowest BCUT2D eigenvalue weighted by Gasteiger charge is -2.24. The Labute approximate surface area is 170 Å². The maximum Gasteiger partial charge on any atom is 0.338 e. The van der Waals surface area contributed by atoms with Gasteiger partial charge >= 0.3 is 5.97 Å². The van der Waals surface area contributed by atoms with E-state index in [2.05, 4.69) is 5.32 Å². The Morgan fingerprint density at radius 1 is 1.10 bits per heavy atom. The molecular weight excluding hydrogens is 372 g/mol. The van der Waals surface area contributed by atoms with Crippen LogP contribution in [0.5, 0.6) is 0 Å². The van der Waals surface area contributed by atoms with Gasteiger partial charge in [0.1, 0.15) is 0 Å². The molecule has 29 heavy (non-hydrogen) atoms. The molecule has 2 amide bonds. The Kier molecular flexibility index (Phi) is 6.69. The van der Waals surface area contributed by atoms with E-state index in [1.807, 2.05) is 6.92 Å². The van der Waals surface area contributed by atoms with Gasteiger partial charge in [0.05, 0.1) is 11.8 Å². The fourth-order valence-electron chi connectivity index (χ4n) is 3.30. The van der Waals surface area contributed by atoms with Crippen LogP contribution >= 0.6 is 0 Å². The number of carbonyl (C=O) groups is 3. The molecule has 1 aliphatic rings. The molecule has 2 heterocycles. The molecule has 1 saturated heterocycles. The summed E-state index contributed by atoms with van der Waals surface area (Å²) in [5.74, 6) is -1.00. The van der Waals surface area contributed by atoms with E-state index in [1.165, 1.54) is 6.26 Å². The first-order chi connectivity index (χ1) is 14.0. The van der Waals surface area contributed by atoms with Crippen LogP contribution in [0.3, 0.4) is 0 Å². The second kappa shape index (κ2) is 9.41. The van der Waals surface area contributed by atoms with Gasteiger partial charge in [0.2, 0.25) is 0 Å². The number of furan rings is 1. The third kappa shape index (κ3) is 5.25. The van der Waals surface area contributed by atoms with Crippen molar-refractivity contribution in [2.24, 2.45) is 0 Å². The summed E-state index contributed by atoms with van der Waals surface area (Å²) in [6.07, 6.45) is 4.74. The average molecular weight is 398 g/mol. The zero-order chi connectivity index (χ0) is 20.8. The molecule has 1 aliphatic heterocycles. The van der Waals surface area contributed by atoms with Crippen molar-refractivity contribution in [2.75, 3.05) is 18.4 Å². The Morgan fingerprint density at radius 2 is 1.83 bits per heavy atom. The van der Waals surface area contributed by atoms with Crippen LogP contribution in [0.15, 0.2) is 41.0 Å². The summed E-state index contributed by atoms with van der Waals surface area (Å²) in [6.45, 7) is 4.82. The second-order valence-electron chi connectivity index (χ2n) is 7.25. The van der Waals surface area contributed by atoms with Gasteiger partial charge in [-0.1, -0.05) is 18.9 Å². The van der Waals surface area contributed by atoms with Crippen LogP contribution in [-0.2, 0) is 9.53 Å². The Hall–Kier alpha value is -3.09. The molecule has 0 saturated carbocycles. The summed E-state index contributed by atoms with van der Waals surface area (Å²) < 4.78 is 10.5. The minimum Gasteiger partial charge on any atom is -0.459 e. The molecule has 0 bridgehead atoms. The van der Waals surface area contributed by atoms with E-state index < -0.39 is 18.0 Å². The summed E-state index contributed by atoms with van der Waals surface area (Å²) in [5, 5.41) is 2.73. The van der Waals surface area contributed by atoms with Crippen LogP contribution in [0, 0.1) is 6.92 Å². The SMILES string of the molecule is Cc1ccc(C(=O)O[C@@H](C)C(=O)N2CCCCCC2)cc1NC(=O)c1ccco1. The lowest BCUT2D eigenvalue weighted by atomic mass is 10.1. The largest absolute Gasteiger partial charge is 0.459 e. The number of nitrogens with zero attached hydrogens (tertiary/aromatic N) is 1. The number of amides is 2. The molecule has 0 radical (unpaired) electrons. The molecule has 7 heteroatoms. The normalized spacial score (nSPS) is 15.3. The number of rotatable bonds is 5. The van der Waals surface area contributed by atoms with Crippen LogP contribution in [-0.4, -0.2) is 41.9 Å². The Bertz CT molecular complexity index is 867. The van der Waals surface area contributed by atoms with Gasteiger partial charge in [-0.15, -0.1) is 0 Å². The van der Waals surface area contributed by atoms with Crippen LogP contribution in [0.2, 0.25) is 0 Å². The minimum absolute atomic E-state index is 0.168. The minimum atomic E-state index is -0.858. The zero-order valence-electron chi connectivity index (χ0n) is 16.8. The van der Waals surface area contributed by atoms with Gasteiger partial charge in [0, 0.05) is 18.8 Å². The number of benzene rings is 1. The number of ether oxygens (including phenoxy) is 1. The molecule has 1 aromatic heterocycles. The number of nitrogens with one attached hydrogen (secondary N) is 1. The lowest BCUT2D eigenvalue weighted by Crippen LogP contribution is -2.40. The highest BCUT2D eigenvalue weighted by Gasteiger charge is 2.25. The predicted molar refractivity (Wildman–Crippen MR) is 108 cm³/mol. The topological polar surface area (TPSA) is 88.9 Å². The predicted octanol–water partition coefficient (Wildman–Crippen LogP) is 3.79. The summed E-state index contributed by atoms with van der Waals surface area (Å²) in [4.78, 5) is 39.1. The Morgan fingerprint density at radius 3 is 2.48 bits per heavy atom. The number of carbonyl (C=O) groups excluding carboxylic acids is 3. The molecule has 2 aromatic rings. The van der Waals surface area contributed by atoms with Crippen LogP contribution in [0.25, 0.3) is 0 Å². The van der Waals surface area contributed by atoms with Crippen molar-refractivity contribution >= 4 is 23.5 Å². The quantitative estimate of drug-likeness (QED) is 0.774. The summed E-state index contributed by atoms with van der Waals surface area (Å²) >= 11 is 0. The first-order valence-corrected chi connectivity index (χ1v) is 9.91. The number of anilines is 1. The highest BCUT2D eigenvalue weighted by molar-refractivity contribution is 6.03. The molecular formula is C22H26N2O5. The monoisotopic (exact) mass is 398 g/mol. The molecule has 1 fully saturated rings. The van der Waals surface area contributed by atoms with Crippen molar-refractivity contribution in [1.29, 1.82) is 0 Å². The molecule has 7 nitrogen and oxygen atoms in total. The molecule has 0 spiro atoms. The van der Waals surface area contributed by atoms with E-state index in [1.54, 1.807) is 42.2 Å². The van der Waals surface area contributed by atoms with Crippen LogP contribution < -0.4 is 5.32 Å². The third-order valence-corrected chi connectivity index (χ3v) is 5.02. The van der Waals surface area contributed by atoms with Gasteiger partial charge < -0.3 is 19.4 Å². The molecule has 0 unspecified atom stereocenters. The number of hydrogen-bond donors (Lipinski definition) is 1. The summed E-state index contributed by atoms with van der Waals surface area (Å²) in [6, 6.07) is 8.05. The maximum absolute atomic E-state index is 12.6. The van der Waals surface area contributed by atoms with E-state index in [-0.39, 0.29) is 17.2 Å². The van der Waals surface area contributed by atoms with Crippen LogP contribution in [0.1, 0.15) is 59.1 Å². The van der Waals surface area contributed by atoms with E-state index in [0.29, 0.717) is 18.8 Å². The number of esters is 1. The first kappa shape index (κ1) is 20.6. The van der Waals surface area contributed by atoms with Crippen molar-refractivity contribution < 1.29 is 23.5 Å². The van der Waals surface area contributed by atoms with Gasteiger partial charge in [-0.25, -0.2) is 4.79 Å². The fraction of sp³-hybridized carbons (Fsp3) is 0.409. The maximum atomic E-state index is 12.6. The van der Waals surface area contributed by atoms with Gasteiger partial charge in [0.25, 0.3) is 11.8 Å². The lowest BCUT2D eigenvalue weighted by molar-refractivity contribution is -0.139. The van der Waals surface area contributed by atoms with Gasteiger partial charge in [-0.3, -0.25) is 9.59 Å². The average Bonchev–Trinajstić information content (AvgIpc) is 3.12. The van der Waals surface area contributed by atoms with Gasteiger partial charge in [-0.05, 0) is 56.5 Å². The standard InChI is InChI=1S/C22H26N2O5/c1-15-9-10-17(14-18(15)23-20(25)19-8-7-13-28-19)22(27)29-16(2)21(26)24-11-5-3-4-6-12-24/h7-10,13-14,16H,3-6,11-12H2,1-2H3,(H,23,25)/t16-/m0/s1. The molecule has 1 atom stereocenters. The van der Waals surface area contributed by atoms with Gasteiger partial charge in [-0.2, -0.15) is 0 Å². The third-order valence-electron chi connectivity index (χ3n) is 5.02. The van der Waals surface area contributed by atoms with Crippen molar-refractivity contribution in [1.82, 2.24) is 4.90 Å². The van der Waals surface area contributed by atoms with Crippen molar-refractivity contribution in [3.05, 3.63) is 53.5 Å². The summed E-state index contributed by atoms with van der Waals surface area (Å²) in [5.41, 5.74) is 1.53. The molecule has 154 valence electrons. The highest BCUT2D eigenvalue weighted by Crippen LogP contribution is 2.20. The fourth-order valence-corrected chi connectivity index (χ4v) is 3.30. The van der Waals surface area contributed by atoms with E-state index in [9.17, 15) is 14.4 Å². The summed E-state index contributed by atoms with van der Waals surface area (Å²) in [7, 11) is 0. The van der Waals surface area contributed by atoms with E-state index >= 15 is 0 Å². The second-order valence-corrected chi connectivity index (χ2v) is 7.25. The number of aryl methyl sites for hydroxylation is 1. The highest BCUT2D eigenvalue weighted by atomic mass is 16.5. The molecule has 0 aliphatic carbocycles. The van der Waals surface area contributed by atoms with E-state index in [4.69, 9.17) is 9.15 Å². The molecule has 3 rings (SSSR count). The van der Waals surface area contributed by atoms with Gasteiger partial charge in [0.15, 0.2) is 11.9 Å². The first-order valence-electron chi connectivity index (χ1n) is 9.91. The van der Waals surface area contributed by atoms with Crippen molar-refractivity contribution in [2.45, 2.75) is 45.6 Å². The van der Waals surface area contributed by atoms with Crippen molar-refractivity contribution in [3.8, 4) is 0 Å². The van der Waals surface area contributed by atoms with Crippen LogP contribution in [0.4, 0.5) is 5.69 Å². The number of hydrogen-bond acceptors (Lipinski definition) is 5. The molecule has 1 aromatic carbocycles. The molecule has 1 N–H and O–H groups in total. The number of likely N-dealkylation sites (tertiary alicyclic amines) is 1. The smallest absolute Gasteiger partial charge is 0.338 e. The zero-order valence-corrected chi connectivity index (χ0v) is 16.8. The van der Waals surface area contributed by atoms with E-state index in [0.717, 1.165) is 31.2 Å². The van der Waals surface area contributed by atoms with Crippen molar-refractivity contribution in [3.63, 3.8) is 0 Å².